The van der Waals surface area contributed by atoms with Gasteiger partial charge in [-0.2, -0.15) is 0 Å². The van der Waals surface area contributed by atoms with E-state index in [9.17, 15) is 9.59 Å². The number of carbonyl (C=O) groups excluding carboxylic acids is 2. The van der Waals surface area contributed by atoms with Crippen molar-refractivity contribution in [2.75, 3.05) is 46.9 Å². The minimum Gasteiger partial charge on any atom is -0.497 e. The number of hydrogen-bond donors (Lipinski definition) is 1. The molecule has 7 rings (SSSR count). The molecule has 0 fully saturated rings. The maximum atomic E-state index is 13.8. The Kier molecular flexibility index (Phi) is 11.4. The van der Waals surface area contributed by atoms with Crippen molar-refractivity contribution in [2.24, 2.45) is 9.98 Å². The van der Waals surface area contributed by atoms with Crippen molar-refractivity contribution < 1.29 is 33.3 Å². The van der Waals surface area contributed by atoms with Crippen molar-refractivity contribution in [1.29, 1.82) is 0 Å². The topological polar surface area (TPSA) is 124 Å². The van der Waals surface area contributed by atoms with Gasteiger partial charge in [-0.05, 0) is 71.2 Å². The van der Waals surface area contributed by atoms with Gasteiger partial charge < -0.3 is 38.8 Å². The highest BCUT2D eigenvalue weighted by atomic mass is 16.5. The lowest BCUT2D eigenvalue weighted by molar-refractivity contribution is -0.116. The van der Waals surface area contributed by atoms with Gasteiger partial charge >= 0.3 is 0 Å². The number of rotatable bonds is 15. The zero-order valence-electron chi connectivity index (χ0n) is 32.2. The number of aliphatic imine (C=N–C) groups is 2. The van der Waals surface area contributed by atoms with E-state index in [4.69, 9.17) is 33.7 Å². The number of benzene rings is 4. The molecule has 3 aliphatic rings. The maximum Gasteiger partial charge on any atom is 0.260 e. The molecule has 0 bridgehead atoms. The molecule has 4 aromatic carbocycles. The average molecular weight is 756 g/mol. The molecule has 2 atom stereocenters. The molecule has 4 aromatic rings. The monoisotopic (exact) mass is 755 g/mol. The summed E-state index contributed by atoms with van der Waals surface area (Å²) in [7, 11) is 6.67. The first-order valence-electron chi connectivity index (χ1n) is 18.5. The van der Waals surface area contributed by atoms with Crippen molar-refractivity contribution in [2.45, 2.75) is 38.3 Å². The molecule has 1 N–H and O–H groups in total. The van der Waals surface area contributed by atoms with Gasteiger partial charge in [0, 0.05) is 69.0 Å². The second-order valence-electron chi connectivity index (χ2n) is 13.6. The Morgan fingerprint density at radius 2 is 1.48 bits per heavy atom. The SMILES string of the molecule is CNc1ccc(C2=CN(C=O)C(C=Nc3cc(OCCCOc4cc5c(cc4OC)C(=O)N4C=C(c6ccc(OC)cc6)CC4C=N5)c(OC)cc3C)C2)cc1. The van der Waals surface area contributed by atoms with Crippen LogP contribution >= 0.6 is 0 Å². The van der Waals surface area contributed by atoms with Crippen LogP contribution in [0.1, 0.15) is 46.3 Å². The molecule has 0 spiro atoms. The summed E-state index contributed by atoms with van der Waals surface area (Å²) in [5, 5.41) is 3.13. The van der Waals surface area contributed by atoms with Crippen LogP contribution in [0.5, 0.6) is 28.7 Å². The molecule has 0 saturated heterocycles. The number of amides is 2. The van der Waals surface area contributed by atoms with Gasteiger partial charge in [-0.15, -0.1) is 0 Å². The summed E-state index contributed by atoms with van der Waals surface area (Å²) in [6, 6.07) is 22.7. The third-order valence-corrected chi connectivity index (χ3v) is 10.1. The van der Waals surface area contributed by atoms with Crippen molar-refractivity contribution in [3.8, 4) is 28.7 Å². The predicted molar refractivity (Wildman–Crippen MR) is 218 cm³/mol. The number of fused-ring (bicyclic) bond motifs is 2. The highest BCUT2D eigenvalue weighted by Crippen LogP contribution is 2.40. The molecular weight excluding hydrogens is 711 g/mol. The van der Waals surface area contributed by atoms with E-state index in [1.807, 2.05) is 93.2 Å². The van der Waals surface area contributed by atoms with Crippen LogP contribution in [0.2, 0.25) is 0 Å². The Balaban J connectivity index is 0.968. The maximum absolute atomic E-state index is 13.8. The van der Waals surface area contributed by atoms with E-state index in [0.29, 0.717) is 72.4 Å². The number of hydrogen-bond acceptors (Lipinski definition) is 10. The van der Waals surface area contributed by atoms with Crippen LogP contribution in [0.4, 0.5) is 17.1 Å². The lowest BCUT2D eigenvalue weighted by Gasteiger charge is -2.19. The van der Waals surface area contributed by atoms with E-state index < -0.39 is 0 Å². The molecule has 56 heavy (non-hydrogen) atoms. The molecule has 2 amide bonds. The highest BCUT2D eigenvalue weighted by molar-refractivity contribution is 6.05. The Morgan fingerprint density at radius 3 is 2.14 bits per heavy atom. The molecule has 0 saturated carbocycles. The Labute approximate surface area is 326 Å². The van der Waals surface area contributed by atoms with E-state index in [1.165, 1.54) is 0 Å². The fraction of sp³-hybridized carbons (Fsp3) is 0.273. The lowest BCUT2D eigenvalue weighted by atomic mass is 10.0. The number of nitrogens with zero attached hydrogens (tertiary/aromatic N) is 4. The van der Waals surface area contributed by atoms with Crippen LogP contribution in [-0.2, 0) is 4.79 Å². The standard InChI is InChI=1S/C44H45N5O7/c1-28-17-40(53-4)42(21-38(28)46-23-34-18-31(25-48(34)27-50)29-7-11-33(45-2)12-8-29)55-15-6-16-56-43-22-39-37(20-41(43)54-5)44(51)49-26-32(19-35(49)24-47-39)30-9-13-36(52-3)14-10-30/h7-14,17,20-27,34-35,45H,6,15-16,18-19H2,1-5H3. The summed E-state index contributed by atoms with van der Waals surface area (Å²) in [4.78, 5) is 38.6. The molecule has 12 nitrogen and oxygen atoms in total. The van der Waals surface area contributed by atoms with Gasteiger partial charge in [-0.1, -0.05) is 24.3 Å². The molecule has 288 valence electrons. The lowest BCUT2D eigenvalue weighted by Crippen LogP contribution is -2.32. The van der Waals surface area contributed by atoms with Gasteiger partial charge in [-0.25, -0.2) is 0 Å². The van der Waals surface area contributed by atoms with Gasteiger partial charge in [0.25, 0.3) is 5.91 Å². The van der Waals surface area contributed by atoms with E-state index in [0.717, 1.165) is 45.7 Å². The number of nitrogens with one attached hydrogen (secondary N) is 1. The van der Waals surface area contributed by atoms with Gasteiger partial charge in [0.2, 0.25) is 6.41 Å². The summed E-state index contributed by atoms with van der Waals surface area (Å²) in [5.74, 6) is 2.70. The van der Waals surface area contributed by atoms with Crippen LogP contribution in [0.3, 0.4) is 0 Å². The van der Waals surface area contributed by atoms with E-state index in [1.54, 1.807) is 49.5 Å². The van der Waals surface area contributed by atoms with Crippen molar-refractivity contribution in [3.05, 3.63) is 107 Å². The van der Waals surface area contributed by atoms with E-state index in [-0.39, 0.29) is 18.0 Å². The summed E-state index contributed by atoms with van der Waals surface area (Å²) in [5.41, 5.74) is 7.83. The van der Waals surface area contributed by atoms with Crippen molar-refractivity contribution >= 4 is 53.0 Å². The summed E-state index contributed by atoms with van der Waals surface area (Å²) in [6.45, 7) is 2.62. The molecule has 12 heteroatoms. The molecule has 3 heterocycles. The number of aryl methyl sites for hydroxylation is 1. The third kappa shape index (κ3) is 7.95. The molecule has 0 radical (unpaired) electrons. The summed E-state index contributed by atoms with van der Waals surface area (Å²) in [6.07, 6.45) is 10.1. The first-order chi connectivity index (χ1) is 27.3. The second-order valence-corrected chi connectivity index (χ2v) is 13.6. The molecule has 3 aliphatic heterocycles. The van der Waals surface area contributed by atoms with Crippen LogP contribution in [-0.4, -0.2) is 88.2 Å². The van der Waals surface area contributed by atoms with Gasteiger partial charge in [0.05, 0.1) is 63.6 Å². The zero-order chi connectivity index (χ0) is 39.2. The van der Waals surface area contributed by atoms with Crippen LogP contribution in [0, 0.1) is 6.92 Å². The van der Waals surface area contributed by atoms with Crippen LogP contribution in [0.25, 0.3) is 11.1 Å². The first kappa shape index (κ1) is 37.7. The smallest absolute Gasteiger partial charge is 0.260 e. The van der Waals surface area contributed by atoms with Crippen LogP contribution < -0.4 is 29.0 Å². The summed E-state index contributed by atoms with van der Waals surface area (Å²) >= 11 is 0. The second kappa shape index (κ2) is 16.8. The predicted octanol–water partition coefficient (Wildman–Crippen LogP) is 7.86. The number of ether oxygens (including phenoxy) is 5. The Hall–Kier alpha value is -6.56. The first-order valence-corrected chi connectivity index (χ1v) is 18.5. The van der Waals surface area contributed by atoms with E-state index >= 15 is 0 Å². The van der Waals surface area contributed by atoms with Crippen molar-refractivity contribution in [1.82, 2.24) is 9.80 Å². The minimum atomic E-state index is -0.213. The van der Waals surface area contributed by atoms with Gasteiger partial charge in [-0.3, -0.25) is 19.6 Å². The zero-order valence-corrected chi connectivity index (χ0v) is 32.2. The van der Waals surface area contributed by atoms with Crippen molar-refractivity contribution in [3.63, 3.8) is 0 Å². The fourth-order valence-corrected chi connectivity index (χ4v) is 6.97. The molecule has 0 aromatic heterocycles. The quantitative estimate of drug-likeness (QED) is 0.0740. The van der Waals surface area contributed by atoms with Gasteiger partial charge in [0.1, 0.15) is 5.75 Å². The molecular formula is C44H45N5O7. The highest BCUT2D eigenvalue weighted by Gasteiger charge is 2.33. The normalized spacial score (nSPS) is 17.2. The van der Waals surface area contributed by atoms with E-state index in [2.05, 4.69) is 5.32 Å². The Bertz CT molecular complexity index is 2210. The van der Waals surface area contributed by atoms with Crippen LogP contribution in [0.15, 0.2) is 95.2 Å². The van der Waals surface area contributed by atoms with Gasteiger partial charge in [0.15, 0.2) is 23.0 Å². The number of carbonyl (C=O) groups is 2. The largest absolute Gasteiger partial charge is 0.497 e. The average Bonchev–Trinajstić information content (AvgIpc) is 3.84. The molecule has 0 aliphatic carbocycles. The molecule has 2 unspecified atom stereocenters. The fourth-order valence-electron chi connectivity index (χ4n) is 6.97. The minimum absolute atomic E-state index is 0.152. The number of anilines is 1. The number of methoxy groups -OCH3 is 3. The third-order valence-electron chi connectivity index (χ3n) is 10.1. The summed E-state index contributed by atoms with van der Waals surface area (Å²) < 4.78 is 28.9. The Morgan fingerprint density at radius 1 is 0.821 bits per heavy atom.